The molecule has 1 aliphatic rings. The second kappa shape index (κ2) is 7.94. The van der Waals surface area contributed by atoms with Crippen LogP contribution in [-0.2, 0) is 11.3 Å². The number of aliphatic hydroxyl groups is 1. The van der Waals surface area contributed by atoms with Crippen molar-refractivity contribution in [2.45, 2.75) is 12.6 Å². The Bertz CT molecular complexity index is 835. The Morgan fingerprint density at radius 1 is 1.23 bits per heavy atom. The molecule has 0 aliphatic carbocycles. The SMILES string of the molecule is COc1cc2[nH]c(=O)c(CN3CCOC[C@@H](O)C3)cc2c(OC)c1OC. The van der Waals surface area contributed by atoms with Gasteiger partial charge in [-0.1, -0.05) is 0 Å². The third kappa shape index (κ3) is 3.62. The van der Waals surface area contributed by atoms with E-state index < -0.39 is 6.10 Å². The first-order chi connectivity index (χ1) is 12.6. The van der Waals surface area contributed by atoms with Crippen LogP contribution in [0, 0.1) is 0 Å². The van der Waals surface area contributed by atoms with Crippen molar-refractivity contribution in [1.82, 2.24) is 9.88 Å². The topological polar surface area (TPSA) is 93.3 Å². The maximum Gasteiger partial charge on any atom is 0.252 e. The van der Waals surface area contributed by atoms with E-state index in [4.69, 9.17) is 18.9 Å². The summed E-state index contributed by atoms with van der Waals surface area (Å²) >= 11 is 0. The number of aliphatic hydroxyl groups excluding tert-OH is 1. The van der Waals surface area contributed by atoms with Gasteiger partial charge in [-0.3, -0.25) is 9.69 Å². The average Bonchev–Trinajstić information content (AvgIpc) is 2.84. The molecule has 26 heavy (non-hydrogen) atoms. The van der Waals surface area contributed by atoms with Gasteiger partial charge in [-0.15, -0.1) is 0 Å². The molecule has 2 aromatic rings. The lowest BCUT2D eigenvalue weighted by Crippen LogP contribution is -2.34. The summed E-state index contributed by atoms with van der Waals surface area (Å²) in [6.07, 6.45) is -0.559. The molecule has 1 saturated heterocycles. The molecule has 2 N–H and O–H groups in total. The summed E-state index contributed by atoms with van der Waals surface area (Å²) in [5, 5.41) is 10.6. The van der Waals surface area contributed by atoms with Crippen LogP contribution < -0.4 is 19.8 Å². The summed E-state index contributed by atoms with van der Waals surface area (Å²) in [6, 6.07) is 3.51. The smallest absolute Gasteiger partial charge is 0.252 e. The van der Waals surface area contributed by atoms with E-state index in [1.807, 2.05) is 4.90 Å². The molecule has 2 heterocycles. The summed E-state index contributed by atoms with van der Waals surface area (Å²) < 4.78 is 21.6. The molecular weight excluding hydrogens is 340 g/mol. The van der Waals surface area contributed by atoms with Gasteiger partial charge in [-0.2, -0.15) is 0 Å². The quantitative estimate of drug-likeness (QED) is 0.808. The number of nitrogens with one attached hydrogen (secondary N) is 1. The molecule has 0 radical (unpaired) electrons. The third-order valence-electron chi connectivity index (χ3n) is 4.45. The van der Waals surface area contributed by atoms with Gasteiger partial charge < -0.3 is 29.0 Å². The van der Waals surface area contributed by atoms with Crippen LogP contribution in [0.5, 0.6) is 17.2 Å². The van der Waals surface area contributed by atoms with Crippen molar-refractivity contribution in [3.63, 3.8) is 0 Å². The molecule has 0 saturated carbocycles. The van der Waals surface area contributed by atoms with Crippen LogP contribution in [0.4, 0.5) is 0 Å². The van der Waals surface area contributed by atoms with Crippen molar-refractivity contribution < 1.29 is 24.1 Å². The highest BCUT2D eigenvalue weighted by Crippen LogP contribution is 2.42. The first-order valence-corrected chi connectivity index (χ1v) is 8.40. The summed E-state index contributed by atoms with van der Waals surface area (Å²) in [6.45, 7) is 2.35. The summed E-state index contributed by atoms with van der Waals surface area (Å²) in [4.78, 5) is 17.4. The Hall–Kier alpha value is -2.29. The summed E-state index contributed by atoms with van der Waals surface area (Å²) in [5.41, 5.74) is 0.996. The number of aromatic nitrogens is 1. The fourth-order valence-electron chi connectivity index (χ4n) is 3.22. The van der Waals surface area contributed by atoms with Gasteiger partial charge in [0.2, 0.25) is 5.75 Å². The van der Waals surface area contributed by atoms with Crippen LogP contribution in [0.1, 0.15) is 5.56 Å². The predicted molar refractivity (Wildman–Crippen MR) is 96.3 cm³/mol. The predicted octanol–water partition coefficient (Wildman–Crippen LogP) is 0.747. The molecule has 1 aliphatic heterocycles. The van der Waals surface area contributed by atoms with E-state index in [9.17, 15) is 9.90 Å². The van der Waals surface area contributed by atoms with Crippen molar-refractivity contribution in [2.75, 3.05) is 47.6 Å². The maximum atomic E-state index is 12.5. The van der Waals surface area contributed by atoms with Crippen LogP contribution in [0.25, 0.3) is 10.9 Å². The van der Waals surface area contributed by atoms with Crippen LogP contribution in [0.15, 0.2) is 16.9 Å². The Balaban J connectivity index is 2.04. The first kappa shape index (κ1) is 18.5. The van der Waals surface area contributed by atoms with Crippen molar-refractivity contribution in [3.05, 3.63) is 28.0 Å². The standard InChI is InChI=1S/C18H24N2O6/c1-23-15-7-14-13(16(24-2)17(15)25-3)6-11(18(22)19-14)8-20-4-5-26-10-12(21)9-20/h6-7,12,21H,4-5,8-10H2,1-3H3,(H,19,22)/t12-/m0/s1. The second-order valence-corrected chi connectivity index (χ2v) is 6.19. The zero-order chi connectivity index (χ0) is 18.7. The van der Waals surface area contributed by atoms with E-state index >= 15 is 0 Å². The lowest BCUT2D eigenvalue weighted by Gasteiger charge is -2.21. The number of hydrogen-bond donors (Lipinski definition) is 2. The molecule has 1 atom stereocenters. The van der Waals surface area contributed by atoms with Crippen molar-refractivity contribution in [1.29, 1.82) is 0 Å². The molecule has 1 aromatic heterocycles. The average molecular weight is 364 g/mol. The number of fused-ring (bicyclic) bond motifs is 1. The summed E-state index contributed by atoms with van der Waals surface area (Å²) in [5.74, 6) is 1.45. The molecule has 0 spiro atoms. The lowest BCUT2D eigenvalue weighted by atomic mass is 10.1. The molecule has 0 bridgehead atoms. The molecular formula is C18H24N2O6. The van der Waals surface area contributed by atoms with Gasteiger partial charge in [-0.05, 0) is 6.07 Å². The minimum Gasteiger partial charge on any atom is -0.493 e. The van der Waals surface area contributed by atoms with Gasteiger partial charge in [-0.25, -0.2) is 0 Å². The number of pyridine rings is 1. The highest BCUT2D eigenvalue weighted by atomic mass is 16.5. The first-order valence-electron chi connectivity index (χ1n) is 8.40. The number of nitrogens with zero attached hydrogens (tertiary/aromatic N) is 1. The molecule has 0 amide bonds. The normalized spacial score (nSPS) is 18.5. The Labute approximate surface area is 151 Å². The fourth-order valence-corrected chi connectivity index (χ4v) is 3.22. The van der Waals surface area contributed by atoms with Gasteiger partial charge in [0, 0.05) is 36.7 Å². The Morgan fingerprint density at radius 3 is 2.69 bits per heavy atom. The van der Waals surface area contributed by atoms with E-state index in [0.29, 0.717) is 61.2 Å². The second-order valence-electron chi connectivity index (χ2n) is 6.19. The van der Waals surface area contributed by atoms with E-state index in [0.717, 1.165) is 5.39 Å². The highest BCUT2D eigenvalue weighted by Gasteiger charge is 2.20. The van der Waals surface area contributed by atoms with E-state index in [-0.39, 0.29) is 5.56 Å². The van der Waals surface area contributed by atoms with Gasteiger partial charge in [0.1, 0.15) is 0 Å². The minimum absolute atomic E-state index is 0.188. The number of methoxy groups -OCH3 is 3. The number of aromatic amines is 1. The van der Waals surface area contributed by atoms with Gasteiger partial charge in [0.25, 0.3) is 5.56 Å². The van der Waals surface area contributed by atoms with Crippen molar-refractivity contribution >= 4 is 10.9 Å². The van der Waals surface area contributed by atoms with Gasteiger partial charge in [0.15, 0.2) is 11.5 Å². The molecule has 1 fully saturated rings. The van der Waals surface area contributed by atoms with Crippen LogP contribution in [0.2, 0.25) is 0 Å². The highest BCUT2D eigenvalue weighted by molar-refractivity contribution is 5.90. The van der Waals surface area contributed by atoms with Crippen LogP contribution in [-0.4, -0.2) is 68.7 Å². The molecule has 1 aromatic carbocycles. The number of benzene rings is 1. The number of rotatable bonds is 5. The fraction of sp³-hybridized carbons (Fsp3) is 0.500. The molecule has 8 nitrogen and oxygen atoms in total. The van der Waals surface area contributed by atoms with E-state index in [1.165, 1.54) is 14.2 Å². The lowest BCUT2D eigenvalue weighted by molar-refractivity contribution is 0.0562. The van der Waals surface area contributed by atoms with E-state index in [2.05, 4.69) is 4.98 Å². The molecule has 0 unspecified atom stereocenters. The minimum atomic E-state index is -0.559. The van der Waals surface area contributed by atoms with Crippen LogP contribution >= 0.6 is 0 Å². The van der Waals surface area contributed by atoms with Crippen LogP contribution in [0.3, 0.4) is 0 Å². The molecule has 142 valence electrons. The van der Waals surface area contributed by atoms with Crippen molar-refractivity contribution in [2.24, 2.45) is 0 Å². The molecule has 8 heteroatoms. The Kier molecular flexibility index (Phi) is 5.65. The number of H-pyrrole nitrogens is 1. The van der Waals surface area contributed by atoms with Gasteiger partial charge in [0.05, 0.1) is 46.2 Å². The molecule has 3 rings (SSSR count). The largest absolute Gasteiger partial charge is 0.493 e. The maximum absolute atomic E-state index is 12.5. The zero-order valence-electron chi connectivity index (χ0n) is 15.2. The monoisotopic (exact) mass is 364 g/mol. The van der Waals surface area contributed by atoms with E-state index in [1.54, 1.807) is 19.2 Å². The Morgan fingerprint density at radius 2 is 2.00 bits per heavy atom. The third-order valence-corrected chi connectivity index (χ3v) is 4.45. The summed E-state index contributed by atoms with van der Waals surface area (Å²) in [7, 11) is 4.61. The number of ether oxygens (including phenoxy) is 4. The number of β-amino-alcohol motifs (C(OH)–C–C–N with tert-alkyl or cyclic N) is 1. The van der Waals surface area contributed by atoms with Crippen molar-refractivity contribution in [3.8, 4) is 17.2 Å². The number of hydrogen-bond acceptors (Lipinski definition) is 7. The zero-order valence-corrected chi connectivity index (χ0v) is 15.2. The van der Waals surface area contributed by atoms with Gasteiger partial charge >= 0.3 is 0 Å².